The zero-order valence-electron chi connectivity index (χ0n) is 20.5. The van der Waals surface area contributed by atoms with Crippen molar-refractivity contribution >= 4 is 22.7 Å². The van der Waals surface area contributed by atoms with Gasteiger partial charge in [0, 0.05) is 33.7 Å². The van der Waals surface area contributed by atoms with Crippen LogP contribution in [0.3, 0.4) is 0 Å². The van der Waals surface area contributed by atoms with Gasteiger partial charge in [-0.15, -0.1) is 0 Å². The fourth-order valence-corrected chi connectivity index (χ4v) is 5.15. The van der Waals surface area contributed by atoms with Crippen molar-refractivity contribution in [2.45, 2.75) is 45.7 Å². The third-order valence-electron chi connectivity index (χ3n) is 6.87. The molecule has 0 fully saturated rings. The maximum Gasteiger partial charge on any atom is 0.416 e. The van der Waals surface area contributed by atoms with Crippen LogP contribution in [0.15, 0.2) is 54.6 Å². The van der Waals surface area contributed by atoms with Crippen LogP contribution in [-0.2, 0) is 23.8 Å². The first-order valence-corrected chi connectivity index (χ1v) is 12.1. The highest BCUT2D eigenvalue weighted by Gasteiger charge is 2.31. The predicted octanol–water partition coefficient (Wildman–Crippen LogP) is 6.58. The van der Waals surface area contributed by atoms with Gasteiger partial charge in [-0.05, 0) is 75.4 Å². The Morgan fingerprint density at radius 1 is 1.00 bits per heavy atom. The number of alkyl halides is 3. The maximum absolute atomic E-state index is 13.3. The molecule has 0 bridgehead atoms. The summed E-state index contributed by atoms with van der Waals surface area (Å²) in [5.41, 5.74) is 3.85. The Bertz CT molecular complexity index is 1540. The molecule has 0 atom stereocenters. The van der Waals surface area contributed by atoms with E-state index in [1.807, 2.05) is 24.3 Å². The topological polar surface area (TPSA) is 61.2 Å². The van der Waals surface area contributed by atoms with E-state index in [4.69, 9.17) is 9.72 Å². The Hall–Kier alpha value is -3.94. The number of hydrogen-bond donors (Lipinski definition) is 0. The second kappa shape index (κ2) is 9.50. The highest BCUT2D eigenvalue weighted by atomic mass is 19.4. The lowest BCUT2D eigenvalue weighted by atomic mass is 9.90. The van der Waals surface area contributed by atoms with Crippen molar-refractivity contribution < 1.29 is 27.5 Å². The first kappa shape index (κ1) is 24.7. The van der Waals surface area contributed by atoms with E-state index in [-0.39, 0.29) is 0 Å². The number of Topliss-reactive ketones (excluding diaryl/α,β-unsaturated/α-hetero) is 1. The molecule has 2 aromatic carbocycles. The molecule has 1 aliphatic rings. The van der Waals surface area contributed by atoms with E-state index in [0.29, 0.717) is 39.1 Å². The number of para-hydroxylation sites is 1. The first-order chi connectivity index (χ1) is 17.6. The van der Waals surface area contributed by atoms with Crippen LogP contribution in [0.2, 0.25) is 0 Å². The van der Waals surface area contributed by atoms with Crippen LogP contribution in [0.25, 0.3) is 16.6 Å². The Morgan fingerprint density at radius 3 is 2.54 bits per heavy atom. The summed E-state index contributed by atoms with van der Waals surface area (Å²) in [5.74, 6) is -0.997. The van der Waals surface area contributed by atoms with Crippen molar-refractivity contribution in [3.8, 4) is 5.69 Å². The Balaban J connectivity index is 1.41. The number of fused-ring (bicyclic) bond motifs is 2. The number of ketones is 1. The van der Waals surface area contributed by atoms with Gasteiger partial charge < -0.3 is 9.30 Å². The van der Waals surface area contributed by atoms with E-state index < -0.39 is 30.1 Å². The molecule has 0 radical (unpaired) electrons. The van der Waals surface area contributed by atoms with Crippen molar-refractivity contribution in [2.24, 2.45) is 0 Å². The summed E-state index contributed by atoms with van der Waals surface area (Å²) in [4.78, 5) is 31.1. The van der Waals surface area contributed by atoms with E-state index in [1.54, 1.807) is 30.5 Å². The smallest absolute Gasteiger partial charge is 0.416 e. The highest BCUT2D eigenvalue weighted by molar-refractivity contribution is 6.06. The molecule has 0 aliphatic heterocycles. The van der Waals surface area contributed by atoms with Crippen LogP contribution in [0.4, 0.5) is 13.2 Å². The molecule has 190 valence electrons. The fraction of sp³-hybridized carbons (Fsp3) is 0.276. The van der Waals surface area contributed by atoms with Gasteiger partial charge in [-0.2, -0.15) is 13.2 Å². The summed E-state index contributed by atoms with van der Waals surface area (Å²) in [7, 11) is 0. The molecule has 0 saturated heterocycles. The zero-order valence-corrected chi connectivity index (χ0v) is 20.5. The van der Waals surface area contributed by atoms with Gasteiger partial charge in [-0.1, -0.05) is 24.3 Å². The molecular weight excluding hydrogens is 481 g/mol. The number of hydrogen-bond acceptors (Lipinski definition) is 4. The number of aromatic nitrogens is 2. The third-order valence-corrected chi connectivity index (χ3v) is 6.87. The van der Waals surface area contributed by atoms with Crippen LogP contribution in [0, 0.1) is 13.8 Å². The largest absolute Gasteiger partial charge is 0.454 e. The predicted molar refractivity (Wildman–Crippen MR) is 133 cm³/mol. The van der Waals surface area contributed by atoms with Gasteiger partial charge in [0.25, 0.3) is 0 Å². The minimum Gasteiger partial charge on any atom is -0.454 e. The zero-order chi connectivity index (χ0) is 26.3. The van der Waals surface area contributed by atoms with Crippen molar-refractivity contribution in [3.63, 3.8) is 0 Å². The van der Waals surface area contributed by atoms with Gasteiger partial charge in [-0.3, -0.25) is 9.78 Å². The minimum atomic E-state index is -4.48. The van der Waals surface area contributed by atoms with Gasteiger partial charge in [0.05, 0.1) is 16.6 Å². The van der Waals surface area contributed by atoms with E-state index in [2.05, 4.69) is 0 Å². The molecule has 1 aliphatic carbocycles. The maximum atomic E-state index is 13.3. The van der Waals surface area contributed by atoms with Gasteiger partial charge in [-0.25, -0.2) is 4.79 Å². The van der Waals surface area contributed by atoms with Gasteiger partial charge in [0.2, 0.25) is 5.78 Å². The number of halogens is 3. The molecule has 4 aromatic rings. The lowest BCUT2D eigenvalue weighted by Crippen LogP contribution is -2.19. The molecule has 2 heterocycles. The second-order valence-electron chi connectivity index (χ2n) is 9.30. The van der Waals surface area contributed by atoms with E-state index in [9.17, 15) is 22.8 Å². The summed E-state index contributed by atoms with van der Waals surface area (Å²) in [6, 6.07) is 13.9. The average Bonchev–Trinajstić information content (AvgIpc) is 3.18. The first-order valence-electron chi connectivity index (χ1n) is 12.1. The summed E-state index contributed by atoms with van der Waals surface area (Å²) in [6.07, 6.45) is -1.00. The summed E-state index contributed by atoms with van der Waals surface area (Å²) in [6.45, 7) is 2.90. The lowest BCUT2D eigenvalue weighted by Gasteiger charge is -2.19. The lowest BCUT2D eigenvalue weighted by molar-refractivity contribution is -0.137. The average molecular weight is 507 g/mol. The quantitative estimate of drug-likeness (QED) is 0.227. The molecule has 5 nitrogen and oxygen atoms in total. The SMILES string of the molecule is Cc1cc(C(=O)COC(=O)c2c3c(nc4ccccc24)CCCC3)c(C)n1-c1cccc(C(F)(F)F)c1. The van der Waals surface area contributed by atoms with Crippen LogP contribution < -0.4 is 0 Å². The Labute approximate surface area is 211 Å². The van der Waals surface area contributed by atoms with Gasteiger partial charge in [0.1, 0.15) is 0 Å². The van der Waals surface area contributed by atoms with E-state index in [0.717, 1.165) is 49.1 Å². The van der Waals surface area contributed by atoms with Crippen LogP contribution in [0.1, 0.15) is 61.8 Å². The number of carbonyl (C=O) groups is 2. The minimum absolute atomic E-state index is 0.296. The molecule has 0 spiro atoms. The molecule has 0 N–H and O–H groups in total. The number of benzene rings is 2. The number of ether oxygens (including phenoxy) is 1. The summed E-state index contributed by atoms with van der Waals surface area (Å²) >= 11 is 0. The number of nitrogens with zero attached hydrogens (tertiary/aromatic N) is 2. The molecule has 8 heteroatoms. The van der Waals surface area contributed by atoms with Crippen molar-refractivity contribution in [3.05, 3.63) is 93.9 Å². The van der Waals surface area contributed by atoms with Crippen molar-refractivity contribution in [1.29, 1.82) is 0 Å². The van der Waals surface area contributed by atoms with Gasteiger partial charge >= 0.3 is 12.1 Å². The highest BCUT2D eigenvalue weighted by Crippen LogP contribution is 2.32. The third kappa shape index (κ3) is 4.63. The van der Waals surface area contributed by atoms with Crippen LogP contribution in [-0.4, -0.2) is 27.9 Å². The molecule has 0 unspecified atom stereocenters. The number of carbonyl (C=O) groups excluding carboxylic acids is 2. The summed E-state index contributed by atoms with van der Waals surface area (Å²) < 4.78 is 46.8. The molecular formula is C29H25F3N2O3. The second-order valence-corrected chi connectivity index (χ2v) is 9.30. The van der Waals surface area contributed by atoms with Crippen LogP contribution >= 0.6 is 0 Å². The van der Waals surface area contributed by atoms with Crippen molar-refractivity contribution in [2.75, 3.05) is 6.61 Å². The normalized spacial score (nSPS) is 13.4. The molecule has 0 saturated carbocycles. The van der Waals surface area contributed by atoms with Crippen LogP contribution in [0.5, 0.6) is 0 Å². The van der Waals surface area contributed by atoms with Crippen molar-refractivity contribution in [1.82, 2.24) is 9.55 Å². The monoisotopic (exact) mass is 506 g/mol. The number of aryl methyl sites for hydroxylation is 2. The number of rotatable bonds is 5. The van der Waals surface area contributed by atoms with Gasteiger partial charge in [0.15, 0.2) is 6.61 Å². The standard InChI is InChI=1S/C29H25F3N2O3/c1-17-14-23(18(2)34(17)20-9-7-8-19(15-20)29(30,31)32)26(35)16-37-28(36)27-21-10-3-5-12-24(21)33-25-13-6-4-11-22(25)27/h3,5,7-10,12,14-15H,4,6,11,13,16H2,1-2H3. The number of esters is 1. The van der Waals surface area contributed by atoms with E-state index >= 15 is 0 Å². The Morgan fingerprint density at radius 2 is 1.76 bits per heavy atom. The Kier molecular flexibility index (Phi) is 6.35. The summed E-state index contributed by atoms with van der Waals surface area (Å²) in [5, 5.41) is 0.698. The molecule has 5 rings (SSSR count). The van der Waals surface area contributed by atoms with E-state index in [1.165, 1.54) is 6.07 Å². The molecule has 37 heavy (non-hydrogen) atoms. The molecule has 2 aromatic heterocycles. The number of pyridine rings is 1. The molecule has 0 amide bonds. The fourth-order valence-electron chi connectivity index (χ4n) is 5.15.